The third-order valence-corrected chi connectivity index (χ3v) is 5.70. The van der Waals surface area contributed by atoms with Crippen molar-refractivity contribution in [2.75, 3.05) is 38.2 Å². The maximum atomic E-state index is 9.88. The molecule has 1 atom stereocenters. The summed E-state index contributed by atoms with van der Waals surface area (Å²) in [6, 6.07) is 26.9. The van der Waals surface area contributed by atoms with Crippen LogP contribution in [0.1, 0.15) is 17.2 Å². The van der Waals surface area contributed by atoms with Crippen LogP contribution in [0.5, 0.6) is 11.5 Å². The predicted molar refractivity (Wildman–Crippen MR) is 132 cm³/mol. The molecule has 1 heterocycles. The van der Waals surface area contributed by atoms with Crippen LogP contribution in [0.4, 0.5) is 5.69 Å². The first-order valence-corrected chi connectivity index (χ1v) is 10.2. The fraction of sp³-hybridized carbons (Fsp3) is 0.280. The summed E-state index contributed by atoms with van der Waals surface area (Å²) in [5.41, 5.74) is 3.64. The summed E-state index contributed by atoms with van der Waals surface area (Å²) in [6.07, 6.45) is 0.882. The van der Waals surface area contributed by atoms with Gasteiger partial charge in [0.2, 0.25) is 0 Å². The highest BCUT2D eigenvalue weighted by atomic mass is 35.5. The minimum absolute atomic E-state index is 0. The Hall–Kier alpha value is -2.40. The van der Waals surface area contributed by atoms with Crippen LogP contribution < -0.4 is 9.64 Å². The van der Waals surface area contributed by atoms with Gasteiger partial charge in [-0.3, -0.25) is 4.90 Å². The topological polar surface area (TPSA) is 35.9 Å². The summed E-state index contributed by atoms with van der Waals surface area (Å²) in [6.45, 7) is 3.89. The number of para-hydroxylation sites is 2. The van der Waals surface area contributed by atoms with Crippen molar-refractivity contribution in [2.45, 2.75) is 12.5 Å². The molecule has 0 saturated carbocycles. The van der Waals surface area contributed by atoms with E-state index in [0.29, 0.717) is 5.75 Å². The zero-order chi connectivity index (χ0) is 20.1. The molecule has 1 saturated heterocycles. The summed E-state index contributed by atoms with van der Waals surface area (Å²) in [5.74, 6) is 1.26. The largest absolute Gasteiger partial charge is 0.508 e. The van der Waals surface area contributed by atoms with Crippen molar-refractivity contribution < 1.29 is 9.84 Å². The number of phenols is 1. The predicted octanol–water partition coefficient (Wildman–Crippen LogP) is 5.35. The lowest BCUT2D eigenvalue weighted by Crippen LogP contribution is -2.48. The number of hydrogen-bond donors (Lipinski definition) is 1. The molecule has 4 nitrogen and oxygen atoms in total. The van der Waals surface area contributed by atoms with E-state index in [1.54, 1.807) is 13.2 Å². The molecule has 1 aliphatic heterocycles. The Morgan fingerprint density at radius 3 is 2.19 bits per heavy atom. The maximum Gasteiger partial charge on any atom is 0.142 e. The van der Waals surface area contributed by atoms with E-state index in [1.807, 2.05) is 24.3 Å². The van der Waals surface area contributed by atoms with Crippen molar-refractivity contribution >= 4 is 30.5 Å². The molecule has 0 amide bonds. The lowest BCUT2D eigenvalue weighted by Gasteiger charge is -2.41. The van der Waals surface area contributed by atoms with Crippen LogP contribution in [0.3, 0.4) is 0 Å². The molecule has 1 N–H and O–H groups in total. The van der Waals surface area contributed by atoms with Gasteiger partial charge in [-0.2, -0.15) is 0 Å². The van der Waals surface area contributed by atoms with E-state index >= 15 is 0 Å². The molecule has 1 aliphatic rings. The highest BCUT2D eigenvalue weighted by molar-refractivity contribution is 5.85. The van der Waals surface area contributed by atoms with Gasteiger partial charge < -0.3 is 14.7 Å². The van der Waals surface area contributed by atoms with Crippen LogP contribution >= 0.6 is 24.8 Å². The number of methoxy groups -OCH3 is 1. The lowest BCUT2D eigenvalue weighted by atomic mass is 9.96. The standard InChI is InChI=1S/C25H28N2O2.2ClH/c1-29-25-13-6-5-12-23(25)26-14-16-27(17-15-26)24(21-9-3-2-4-10-21)19-20-8-7-11-22(28)18-20;;/h2-13,18,24,28H,14-17,19H2,1H3;2*1H. The number of halogens is 2. The van der Waals surface area contributed by atoms with Crippen molar-refractivity contribution in [3.63, 3.8) is 0 Å². The van der Waals surface area contributed by atoms with Gasteiger partial charge in [-0.15, -0.1) is 24.8 Å². The Labute approximate surface area is 197 Å². The third kappa shape index (κ3) is 6.07. The van der Waals surface area contributed by atoms with Crippen LogP contribution in [0.2, 0.25) is 0 Å². The molecule has 3 aromatic carbocycles. The van der Waals surface area contributed by atoms with Gasteiger partial charge in [-0.25, -0.2) is 0 Å². The number of benzene rings is 3. The second-order valence-corrected chi connectivity index (χ2v) is 7.50. The summed E-state index contributed by atoms with van der Waals surface area (Å²) < 4.78 is 5.55. The molecule has 0 radical (unpaired) electrons. The number of hydrogen-bond acceptors (Lipinski definition) is 4. The van der Waals surface area contributed by atoms with E-state index in [9.17, 15) is 5.11 Å². The van der Waals surface area contributed by atoms with Crippen molar-refractivity contribution in [3.05, 3.63) is 90.0 Å². The molecule has 6 heteroatoms. The van der Waals surface area contributed by atoms with E-state index in [-0.39, 0.29) is 30.9 Å². The lowest BCUT2D eigenvalue weighted by molar-refractivity contribution is 0.184. The molecular formula is C25H30Cl2N2O2. The molecule has 0 aromatic heterocycles. The normalized spacial score (nSPS) is 14.8. The van der Waals surface area contributed by atoms with Gasteiger partial charge in [0.05, 0.1) is 12.8 Å². The van der Waals surface area contributed by atoms with Gasteiger partial charge >= 0.3 is 0 Å². The number of piperazine rings is 1. The van der Waals surface area contributed by atoms with Crippen molar-refractivity contribution in [2.24, 2.45) is 0 Å². The molecule has 4 rings (SSSR count). The van der Waals surface area contributed by atoms with E-state index < -0.39 is 0 Å². The Morgan fingerprint density at radius 2 is 1.52 bits per heavy atom. The number of aromatic hydroxyl groups is 1. The van der Waals surface area contributed by atoms with E-state index in [2.05, 4.69) is 58.3 Å². The van der Waals surface area contributed by atoms with Crippen LogP contribution in [0, 0.1) is 0 Å². The Morgan fingerprint density at radius 1 is 0.839 bits per heavy atom. The zero-order valence-corrected chi connectivity index (χ0v) is 19.3. The monoisotopic (exact) mass is 460 g/mol. The molecule has 1 fully saturated rings. The van der Waals surface area contributed by atoms with E-state index in [0.717, 1.165) is 43.9 Å². The smallest absolute Gasteiger partial charge is 0.142 e. The van der Waals surface area contributed by atoms with Gasteiger partial charge in [0.1, 0.15) is 11.5 Å². The Bertz CT molecular complexity index is 932. The van der Waals surface area contributed by atoms with Gasteiger partial charge in [0.25, 0.3) is 0 Å². The quantitative estimate of drug-likeness (QED) is 0.537. The SMILES string of the molecule is COc1ccccc1N1CCN(C(Cc2cccc(O)c2)c2ccccc2)CC1.Cl.Cl. The molecule has 166 valence electrons. The molecule has 0 spiro atoms. The average molecular weight is 461 g/mol. The second-order valence-electron chi connectivity index (χ2n) is 7.50. The van der Waals surface area contributed by atoms with E-state index in [1.165, 1.54) is 11.3 Å². The first-order chi connectivity index (χ1) is 14.2. The maximum absolute atomic E-state index is 9.88. The molecule has 3 aromatic rings. The summed E-state index contributed by atoms with van der Waals surface area (Å²) >= 11 is 0. The summed E-state index contributed by atoms with van der Waals surface area (Å²) in [4.78, 5) is 4.97. The zero-order valence-electron chi connectivity index (χ0n) is 17.7. The van der Waals surface area contributed by atoms with E-state index in [4.69, 9.17) is 4.74 Å². The van der Waals surface area contributed by atoms with Crippen molar-refractivity contribution in [3.8, 4) is 11.5 Å². The third-order valence-electron chi connectivity index (χ3n) is 5.70. The number of ether oxygens (including phenoxy) is 1. The van der Waals surface area contributed by atoms with Gasteiger partial charge in [-0.05, 0) is 41.8 Å². The first-order valence-electron chi connectivity index (χ1n) is 10.2. The molecular weight excluding hydrogens is 431 g/mol. The fourth-order valence-corrected chi connectivity index (χ4v) is 4.21. The highest BCUT2D eigenvalue weighted by Crippen LogP contribution is 2.31. The minimum atomic E-state index is 0. The number of rotatable bonds is 6. The Balaban J connectivity index is 0.00000171. The number of anilines is 1. The van der Waals surface area contributed by atoms with Crippen molar-refractivity contribution in [1.82, 2.24) is 4.90 Å². The second kappa shape index (κ2) is 11.8. The highest BCUT2D eigenvalue weighted by Gasteiger charge is 2.26. The van der Waals surface area contributed by atoms with Crippen LogP contribution in [-0.2, 0) is 6.42 Å². The summed E-state index contributed by atoms with van der Waals surface area (Å²) in [7, 11) is 1.73. The average Bonchev–Trinajstić information content (AvgIpc) is 2.78. The minimum Gasteiger partial charge on any atom is -0.508 e. The van der Waals surface area contributed by atoms with Crippen LogP contribution in [-0.4, -0.2) is 43.3 Å². The Kier molecular flexibility index (Phi) is 9.50. The van der Waals surface area contributed by atoms with Gasteiger partial charge in [0, 0.05) is 32.2 Å². The van der Waals surface area contributed by atoms with Crippen LogP contribution in [0.15, 0.2) is 78.9 Å². The number of nitrogens with zero attached hydrogens (tertiary/aromatic N) is 2. The van der Waals surface area contributed by atoms with Crippen LogP contribution in [0.25, 0.3) is 0 Å². The molecule has 1 unspecified atom stereocenters. The van der Waals surface area contributed by atoms with Gasteiger partial charge in [0.15, 0.2) is 0 Å². The van der Waals surface area contributed by atoms with Gasteiger partial charge in [-0.1, -0.05) is 54.6 Å². The molecule has 0 bridgehead atoms. The fourth-order valence-electron chi connectivity index (χ4n) is 4.21. The first kappa shape index (κ1) is 24.9. The number of phenolic OH excluding ortho intramolecular Hbond substituents is 1. The summed E-state index contributed by atoms with van der Waals surface area (Å²) in [5, 5.41) is 9.88. The van der Waals surface area contributed by atoms with Crippen molar-refractivity contribution in [1.29, 1.82) is 0 Å². The molecule has 0 aliphatic carbocycles. The molecule has 31 heavy (non-hydrogen) atoms.